The first-order valence-corrected chi connectivity index (χ1v) is 11.5. The third-order valence-corrected chi connectivity index (χ3v) is 9.24. The van der Waals surface area contributed by atoms with Crippen LogP contribution in [0.15, 0.2) is 0 Å². The van der Waals surface area contributed by atoms with Gasteiger partial charge in [-0.1, -0.05) is 27.7 Å². The van der Waals surface area contributed by atoms with Crippen molar-refractivity contribution in [3.05, 3.63) is 0 Å². The molecule has 0 bridgehead atoms. The minimum atomic E-state index is -0.706. The zero-order chi connectivity index (χ0) is 20.7. The van der Waals surface area contributed by atoms with E-state index in [0.717, 1.165) is 51.4 Å². The summed E-state index contributed by atoms with van der Waals surface area (Å²) in [6.07, 6.45) is 8.75. The van der Waals surface area contributed by atoms with Crippen LogP contribution in [0.1, 0.15) is 91.9 Å². The maximum Gasteiger partial charge on any atom is 0.303 e. The highest BCUT2D eigenvalue weighted by Crippen LogP contribution is 2.64. The van der Waals surface area contributed by atoms with E-state index in [1.165, 1.54) is 0 Å². The molecule has 0 aromatic carbocycles. The van der Waals surface area contributed by atoms with Gasteiger partial charge < -0.3 is 10.2 Å². The molecule has 0 aromatic rings. The number of carboxylic acids is 1. The van der Waals surface area contributed by atoms with Crippen LogP contribution in [-0.2, 0) is 9.59 Å². The molecule has 0 radical (unpaired) electrons. The largest absolute Gasteiger partial charge is 0.481 e. The highest BCUT2D eigenvalue weighted by molar-refractivity contribution is 5.81. The van der Waals surface area contributed by atoms with Crippen molar-refractivity contribution >= 4 is 11.8 Å². The molecule has 4 nitrogen and oxygen atoms in total. The first-order chi connectivity index (χ1) is 13.1. The number of carbonyl (C=O) groups is 2. The second-order valence-electron chi connectivity index (χ2n) is 10.7. The number of Topliss-reactive ketones (excluding diaryl/α,β-unsaturated/α-hetero) is 1. The molecule has 3 aliphatic carbocycles. The molecule has 3 aliphatic rings. The Balaban J connectivity index is 1.87. The molecule has 4 heteroatoms. The molecule has 3 rings (SSSR count). The quantitative estimate of drug-likeness (QED) is 0.661. The lowest BCUT2D eigenvalue weighted by Gasteiger charge is -2.55. The Morgan fingerprint density at radius 1 is 1.00 bits per heavy atom. The number of aliphatic hydroxyl groups excluding tert-OH is 1. The number of fused-ring (bicyclic) bond motifs is 1. The maximum absolute atomic E-state index is 13.2. The Hall–Kier alpha value is -0.900. The van der Waals surface area contributed by atoms with Gasteiger partial charge in [-0.2, -0.15) is 0 Å². The summed E-state index contributed by atoms with van der Waals surface area (Å²) in [4.78, 5) is 24.5. The van der Waals surface area contributed by atoms with Gasteiger partial charge in [0.05, 0.1) is 6.10 Å². The number of ketones is 1. The minimum absolute atomic E-state index is 0.0887. The SMILES string of the molecule is CCC(=O)[C@H]1C2CC[C@H]([C@H](C)CC(=O)O)[C@@]2(C)CCC1[C@]1(C)CC[C@H](O)CC1. The summed E-state index contributed by atoms with van der Waals surface area (Å²) in [5, 5.41) is 19.3. The highest BCUT2D eigenvalue weighted by atomic mass is 16.4. The van der Waals surface area contributed by atoms with Gasteiger partial charge in [0.2, 0.25) is 0 Å². The van der Waals surface area contributed by atoms with Gasteiger partial charge in [0.25, 0.3) is 0 Å². The Morgan fingerprint density at radius 2 is 1.64 bits per heavy atom. The molecule has 0 aliphatic heterocycles. The molecule has 160 valence electrons. The van der Waals surface area contributed by atoms with E-state index in [9.17, 15) is 19.8 Å². The molecule has 0 aromatic heterocycles. The van der Waals surface area contributed by atoms with Gasteiger partial charge >= 0.3 is 5.97 Å². The fraction of sp³-hybridized carbons (Fsp3) is 0.917. The lowest BCUT2D eigenvalue weighted by Crippen LogP contribution is -2.51. The van der Waals surface area contributed by atoms with E-state index in [4.69, 9.17) is 0 Å². The molecule has 3 saturated carbocycles. The van der Waals surface area contributed by atoms with Gasteiger partial charge in [-0.3, -0.25) is 9.59 Å². The molecule has 0 saturated heterocycles. The Kier molecular flexibility index (Phi) is 6.29. The average Bonchev–Trinajstić information content (AvgIpc) is 2.99. The summed E-state index contributed by atoms with van der Waals surface area (Å²) in [6.45, 7) is 8.81. The predicted octanol–water partition coefficient (Wildman–Crippen LogP) is 5.08. The van der Waals surface area contributed by atoms with E-state index >= 15 is 0 Å². The van der Waals surface area contributed by atoms with E-state index in [0.29, 0.717) is 30.0 Å². The zero-order valence-electron chi connectivity index (χ0n) is 18.2. The van der Waals surface area contributed by atoms with Crippen LogP contribution >= 0.6 is 0 Å². The Bertz CT molecular complexity index is 591. The van der Waals surface area contributed by atoms with Crippen LogP contribution in [0.4, 0.5) is 0 Å². The second-order valence-corrected chi connectivity index (χ2v) is 10.7. The lowest BCUT2D eigenvalue weighted by molar-refractivity contribution is -0.142. The minimum Gasteiger partial charge on any atom is -0.481 e. The van der Waals surface area contributed by atoms with Crippen LogP contribution in [0.25, 0.3) is 0 Å². The average molecular weight is 393 g/mol. The molecule has 0 amide bonds. The number of aliphatic hydroxyl groups is 1. The van der Waals surface area contributed by atoms with Crippen molar-refractivity contribution < 1.29 is 19.8 Å². The van der Waals surface area contributed by atoms with Gasteiger partial charge in [0.15, 0.2) is 0 Å². The molecule has 2 unspecified atom stereocenters. The van der Waals surface area contributed by atoms with Crippen molar-refractivity contribution in [3.63, 3.8) is 0 Å². The fourth-order valence-corrected chi connectivity index (χ4v) is 7.63. The summed E-state index contributed by atoms with van der Waals surface area (Å²) in [6, 6.07) is 0. The summed E-state index contributed by atoms with van der Waals surface area (Å²) in [5.74, 6) is 1.21. The monoisotopic (exact) mass is 392 g/mol. The first-order valence-electron chi connectivity index (χ1n) is 11.5. The van der Waals surface area contributed by atoms with Gasteiger partial charge in [-0.05, 0) is 85.9 Å². The standard InChI is InChI=1S/C24H40O4/c1-5-20(26)22-18(23(3)11-8-16(25)9-12-23)10-13-24(4)17(6-7-19(22)24)15(2)14-21(27)28/h15-19,22,25H,5-14H2,1-4H3,(H,27,28)/t15-,16-,17-,18?,19?,22-,23+,24-/m1/s1. The van der Waals surface area contributed by atoms with Crippen LogP contribution in [0, 0.1) is 40.4 Å². The van der Waals surface area contributed by atoms with Crippen LogP contribution in [0.2, 0.25) is 0 Å². The van der Waals surface area contributed by atoms with E-state index < -0.39 is 5.97 Å². The van der Waals surface area contributed by atoms with Gasteiger partial charge in [0, 0.05) is 18.8 Å². The van der Waals surface area contributed by atoms with Crippen molar-refractivity contribution in [3.8, 4) is 0 Å². The number of carboxylic acid groups (broad SMARTS) is 1. The van der Waals surface area contributed by atoms with Crippen molar-refractivity contribution in [1.29, 1.82) is 0 Å². The van der Waals surface area contributed by atoms with Crippen molar-refractivity contribution in [2.24, 2.45) is 40.4 Å². The molecular weight excluding hydrogens is 352 g/mol. The van der Waals surface area contributed by atoms with E-state index in [-0.39, 0.29) is 35.2 Å². The number of hydrogen-bond acceptors (Lipinski definition) is 3. The van der Waals surface area contributed by atoms with Crippen LogP contribution < -0.4 is 0 Å². The van der Waals surface area contributed by atoms with Gasteiger partial charge in [-0.25, -0.2) is 0 Å². The van der Waals surface area contributed by atoms with E-state index in [1.807, 2.05) is 6.92 Å². The van der Waals surface area contributed by atoms with Gasteiger partial charge in [0.1, 0.15) is 5.78 Å². The molecular formula is C24H40O4. The summed E-state index contributed by atoms with van der Waals surface area (Å²) < 4.78 is 0. The van der Waals surface area contributed by atoms with E-state index in [1.54, 1.807) is 0 Å². The molecule has 3 fully saturated rings. The highest BCUT2D eigenvalue weighted by Gasteiger charge is 2.59. The zero-order valence-corrected chi connectivity index (χ0v) is 18.2. The van der Waals surface area contributed by atoms with Crippen LogP contribution in [-0.4, -0.2) is 28.1 Å². The number of rotatable bonds is 6. The normalized spacial score (nSPS) is 44.7. The van der Waals surface area contributed by atoms with Crippen molar-refractivity contribution in [2.45, 2.75) is 98.0 Å². The predicted molar refractivity (Wildman–Crippen MR) is 110 cm³/mol. The lowest BCUT2D eigenvalue weighted by atomic mass is 9.49. The Morgan fingerprint density at radius 3 is 2.21 bits per heavy atom. The van der Waals surface area contributed by atoms with Gasteiger partial charge in [-0.15, -0.1) is 0 Å². The molecule has 28 heavy (non-hydrogen) atoms. The molecule has 2 N–H and O–H groups in total. The molecule has 0 heterocycles. The maximum atomic E-state index is 13.2. The third-order valence-electron chi connectivity index (χ3n) is 9.24. The first kappa shape index (κ1) is 21.8. The van der Waals surface area contributed by atoms with Crippen molar-refractivity contribution in [1.82, 2.24) is 0 Å². The summed E-state index contributed by atoms with van der Waals surface area (Å²) >= 11 is 0. The Labute approximate surface area is 170 Å². The van der Waals surface area contributed by atoms with Crippen LogP contribution in [0.5, 0.6) is 0 Å². The molecule has 6 atom stereocenters. The summed E-state index contributed by atoms with van der Waals surface area (Å²) in [7, 11) is 0. The summed E-state index contributed by atoms with van der Waals surface area (Å²) in [5.41, 5.74) is 0.242. The smallest absolute Gasteiger partial charge is 0.303 e. The van der Waals surface area contributed by atoms with Crippen LogP contribution in [0.3, 0.4) is 0 Å². The second kappa shape index (κ2) is 8.08. The van der Waals surface area contributed by atoms with E-state index in [2.05, 4.69) is 20.8 Å². The number of aliphatic carboxylic acids is 1. The topological polar surface area (TPSA) is 74.6 Å². The fourth-order valence-electron chi connectivity index (χ4n) is 7.63. The number of carbonyl (C=O) groups excluding carboxylic acids is 1. The number of hydrogen-bond donors (Lipinski definition) is 2. The molecule has 0 spiro atoms. The van der Waals surface area contributed by atoms with Crippen molar-refractivity contribution in [2.75, 3.05) is 0 Å². The third kappa shape index (κ3) is 3.78.